The summed E-state index contributed by atoms with van der Waals surface area (Å²) in [6, 6.07) is 14.8. The van der Waals surface area contributed by atoms with Gasteiger partial charge < -0.3 is 29.0 Å². The number of nitrogens with zero attached hydrogens (tertiary/aromatic N) is 2. The van der Waals surface area contributed by atoms with Crippen molar-refractivity contribution in [2.45, 2.75) is 51.5 Å². The molecule has 1 saturated heterocycles. The molecule has 2 aliphatic rings. The highest BCUT2D eigenvalue weighted by molar-refractivity contribution is 5.97. The van der Waals surface area contributed by atoms with Gasteiger partial charge in [0.25, 0.3) is 0 Å². The minimum absolute atomic E-state index is 0.0141. The van der Waals surface area contributed by atoms with Gasteiger partial charge in [-0.25, -0.2) is 0 Å². The van der Waals surface area contributed by atoms with E-state index in [4.69, 9.17) is 14.2 Å². The molecule has 0 spiro atoms. The van der Waals surface area contributed by atoms with Crippen LogP contribution in [0.1, 0.15) is 49.6 Å². The van der Waals surface area contributed by atoms with E-state index in [1.165, 1.54) is 0 Å². The average molecular weight is 506 g/mol. The Hall–Kier alpha value is -3.36. The quantitative estimate of drug-likeness (QED) is 0.421. The first-order valence-electron chi connectivity index (χ1n) is 13.1. The Morgan fingerprint density at radius 2 is 1.76 bits per heavy atom. The monoisotopic (exact) mass is 505 g/mol. The van der Waals surface area contributed by atoms with E-state index in [9.17, 15) is 9.59 Å². The summed E-state index contributed by atoms with van der Waals surface area (Å²) in [5.41, 5.74) is 3.91. The number of hydrogen-bond acceptors (Lipinski definition) is 5. The fourth-order valence-electron chi connectivity index (χ4n) is 5.76. The van der Waals surface area contributed by atoms with Crippen LogP contribution in [0.15, 0.2) is 48.5 Å². The number of nitrogens with one attached hydrogen (secondary N) is 1. The Balaban J connectivity index is 1.47. The number of piperazine rings is 1. The van der Waals surface area contributed by atoms with Crippen molar-refractivity contribution in [1.29, 1.82) is 0 Å². The molecule has 1 fully saturated rings. The zero-order valence-electron chi connectivity index (χ0n) is 21.7. The normalized spacial score (nSPS) is 19.5. The standard InChI is InChI=1S/C29H35N3O5/c1-4-36-26(37-5-2)15-10-16-31-18-25(33)32-23(29(31)34)17-21-19-11-6-8-13-22(19)30-27(21)28(32)20-12-7-9-14-24(20)35-3/h6-9,11-14,23,26,28,30H,4-5,10,15-18H2,1-3H3/t23-,28?/m0/s1. The van der Waals surface area contributed by atoms with Gasteiger partial charge >= 0.3 is 0 Å². The molecule has 0 saturated carbocycles. The summed E-state index contributed by atoms with van der Waals surface area (Å²) in [4.78, 5) is 34.6. The number of methoxy groups -OCH3 is 1. The second-order valence-electron chi connectivity index (χ2n) is 9.47. The molecule has 2 amide bonds. The van der Waals surface area contributed by atoms with Crippen LogP contribution in [0.4, 0.5) is 0 Å². The maximum atomic E-state index is 13.9. The summed E-state index contributed by atoms with van der Waals surface area (Å²) in [7, 11) is 1.63. The number of carbonyl (C=O) groups is 2. The number of para-hydroxylation sites is 2. The van der Waals surface area contributed by atoms with Crippen molar-refractivity contribution in [2.24, 2.45) is 0 Å². The lowest BCUT2D eigenvalue weighted by Crippen LogP contribution is -2.63. The van der Waals surface area contributed by atoms with Crippen molar-refractivity contribution >= 4 is 22.7 Å². The lowest BCUT2D eigenvalue weighted by Gasteiger charge is -2.47. The molecule has 2 aliphatic heterocycles. The molecule has 0 radical (unpaired) electrons. The van der Waals surface area contributed by atoms with Crippen LogP contribution >= 0.6 is 0 Å². The van der Waals surface area contributed by atoms with E-state index in [-0.39, 0.29) is 24.6 Å². The number of hydrogen-bond donors (Lipinski definition) is 1. The van der Waals surface area contributed by atoms with Gasteiger partial charge in [-0.3, -0.25) is 9.59 Å². The zero-order chi connectivity index (χ0) is 25.9. The lowest BCUT2D eigenvalue weighted by molar-refractivity contribution is -0.159. The molecule has 1 aromatic heterocycles. The van der Waals surface area contributed by atoms with Crippen molar-refractivity contribution in [3.05, 3.63) is 65.4 Å². The van der Waals surface area contributed by atoms with Crippen LogP contribution in [-0.2, 0) is 25.5 Å². The fourth-order valence-corrected chi connectivity index (χ4v) is 5.76. The van der Waals surface area contributed by atoms with Crippen LogP contribution in [0.25, 0.3) is 10.9 Å². The number of fused-ring (bicyclic) bond motifs is 4. The summed E-state index contributed by atoms with van der Waals surface area (Å²) < 4.78 is 17.0. The van der Waals surface area contributed by atoms with Crippen molar-refractivity contribution < 1.29 is 23.8 Å². The minimum Gasteiger partial charge on any atom is -0.496 e. The molecule has 3 aromatic rings. The average Bonchev–Trinajstić information content (AvgIpc) is 3.29. The minimum atomic E-state index is -0.572. The van der Waals surface area contributed by atoms with Gasteiger partial charge in [-0.2, -0.15) is 0 Å². The fraction of sp³-hybridized carbons (Fsp3) is 0.448. The molecule has 3 heterocycles. The van der Waals surface area contributed by atoms with Gasteiger partial charge in [0.05, 0.1) is 13.7 Å². The number of amides is 2. The van der Waals surface area contributed by atoms with Crippen LogP contribution in [0, 0.1) is 0 Å². The molecule has 0 bridgehead atoms. The van der Waals surface area contributed by atoms with Gasteiger partial charge in [0.1, 0.15) is 17.8 Å². The Labute approximate surface area is 217 Å². The third-order valence-corrected chi connectivity index (χ3v) is 7.35. The number of rotatable bonds is 10. The van der Waals surface area contributed by atoms with E-state index in [1.807, 2.05) is 56.3 Å². The summed E-state index contributed by atoms with van der Waals surface area (Å²) in [5, 5.41) is 1.09. The second-order valence-corrected chi connectivity index (χ2v) is 9.47. The third kappa shape index (κ3) is 4.71. The summed E-state index contributed by atoms with van der Waals surface area (Å²) >= 11 is 0. The molecule has 2 atom stereocenters. The summed E-state index contributed by atoms with van der Waals surface area (Å²) in [6.45, 7) is 5.57. The van der Waals surface area contributed by atoms with Gasteiger partial charge in [0.15, 0.2) is 6.29 Å². The van der Waals surface area contributed by atoms with Gasteiger partial charge in [-0.05, 0) is 38.0 Å². The first kappa shape index (κ1) is 25.3. The smallest absolute Gasteiger partial charge is 0.246 e. The first-order valence-corrected chi connectivity index (χ1v) is 13.1. The maximum Gasteiger partial charge on any atom is 0.246 e. The summed E-state index contributed by atoms with van der Waals surface area (Å²) in [5.74, 6) is 0.620. The van der Waals surface area contributed by atoms with Crippen molar-refractivity contribution in [3.8, 4) is 5.75 Å². The molecule has 37 heavy (non-hydrogen) atoms. The van der Waals surface area contributed by atoms with Gasteiger partial charge in [0.2, 0.25) is 11.8 Å². The molecule has 0 aliphatic carbocycles. The molecule has 1 unspecified atom stereocenters. The zero-order valence-corrected chi connectivity index (χ0v) is 21.7. The van der Waals surface area contributed by atoms with Gasteiger partial charge in [0, 0.05) is 54.8 Å². The summed E-state index contributed by atoms with van der Waals surface area (Å²) in [6.07, 6.45) is 1.56. The third-order valence-electron chi connectivity index (χ3n) is 7.35. The molecule has 5 rings (SSSR count). The maximum absolute atomic E-state index is 13.9. The van der Waals surface area contributed by atoms with E-state index in [0.29, 0.717) is 44.8 Å². The van der Waals surface area contributed by atoms with E-state index in [0.717, 1.165) is 27.7 Å². The molecular formula is C29H35N3O5. The number of aromatic nitrogens is 1. The van der Waals surface area contributed by atoms with Gasteiger partial charge in [-0.15, -0.1) is 0 Å². The first-order chi connectivity index (χ1) is 18.1. The van der Waals surface area contributed by atoms with E-state index in [1.54, 1.807) is 16.9 Å². The molecule has 8 nitrogen and oxygen atoms in total. The van der Waals surface area contributed by atoms with Crippen LogP contribution in [0.5, 0.6) is 5.75 Å². The molecular weight excluding hydrogens is 470 g/mol. The van der Waals surface area contributed by atoms with Crippen LogP contribution in [0.2, 0.25) is 0 Å². The Morgan fingerprint density at radius 1 is 1.03 bits per heavy atom. The van der Waals surface area contributed by atoms with Crippen LogP contribution < -0.4 is 4.74 Å². The lowest BCUT2D eigenvalue weighted by atomic mass is 9.86. The van der Waals surface area contributed by atoms with E-state index >= 15 is 0 Å². The Kier molecular flexibility index (Phi) is 7.48. The van der Waals surface area contributed by atoms with Crippen molar-refractivity contribution in [2.75, 3.05) is 33.4 Å². The van der Waals surface area contributed by atoms with E-state index < -0.39 is 12.1 Å². The number of ether oxygens (including phenoxy) is 3. The van der Waals surface area contributed by atoms with Gasteiger partial charge in [-0.1, -0.05) is 36.4 Å². The van der Waals surface area contributed by atoms with Crippen LogP contribution in [-0.4, -0.2) is 72.3 Å². The highest BCUT2D eigenvalue weighted by Gasteiger charge is 2.48. The van der Waals surface area contributed by atoms with Crippen molar-refractivity contribution in [1.82, 2.24) is 14.8 Å². The highest BCUT2D eigenvalue weighted by Crippen LogP contribution is 2.44. The Bertz CT molecular complexity index is 1270. The topological polar surface area (TPSA) is 84.1 Å². The number of H-pyrrole nitrogens is 1. The van der Waals surface area contributed by atoms with E-state index in [2.05, 4.69) is 11.1 Å². The number of benzene rings is 2. The number of aromatic amines is 1. The van der Waals surface area contributed by atoms with Crippen molar-refractivity contribution in [3.63, 3.8) is 0 Å². The van der Waals surface area contributed by atoms with Crippen LogP contribution in [0.3, 0.4) is 0 Å². The predicted molar refractivity (Wildman–Crippen MR) is 140 cm³/mol. The molecule has 1 N–H and O–H groups in total. The highest BCUT2D eigenvalue weighted by atomic mass is 16.7. The SMILES string of the molecule is CCOC(CCCN1CC(=O)N2C(c3ccccc3OC)c3[nH]c4ccccc4c3C[C@H]2C1=O)OCC. The molecule has 8 heteroatoms. The molecule has 2 aromatic carbocycles. The largest absolute Gasteiger partial charge is 0.496 e. The number of carbonyl (C=O) groups excluding carboxylic acids is 2. The molecule has 196 valence electrons. The Morgan fingerprint density at radius 3 is 2.51 bits per heavy atom. The predicted octanol–water partition coefficient (Wildman–Crippen LogP) is 4.04. The second kappa shape index (κ2) is 10.9.